The molecule has 4 rings (SSSR count). The SMILES string of the molecule is Nc1nc(C(=NO)C(=O)NC2C(=O)N3C(C(=O)O)=C(Sc4nnc(N)s4)CCC23)ns1. The van der Waals surface area contributed by atoms with E-state index in [9.17, 15) is 19.5 Å². The Balaban J connectivity index is 1.52. The van der Waals surface area contributed by atoms with Gasteiger partial charge in [-0.2, -0.15) is 9.36 Å². The summed E-state index contributed by atoms with van der Waals surface area (Å²) in [6.07, 6.45) is 0.745. The molecule has 14 nitrogen and oxygen atoms in total. The summed E-state index contributed by atoms with van der Waals surface area (Å²) >= 11 is 3.00. The fourth-order valence-electron chi connectivity index (χ4n) is 3.23. The van der Waals surface area contributed by atoms with Crippen molar-refractivity contribution in [1.82, 2.24) is 29.8 Å². The number of carbonyl (C=O) groups is 3. The molecule has 1 saturated heterocycles. The Morgan fingerprint density at radius 3 is 2.65 bits per heavy atom. The monoisotopic (exact) mass is 483 g/mol. The van der Waals surface area contributed by atoms with E-state index in [1.165, 1.54) is 0 Å². The van der Waals surface area contributed by atoms with Crippen molar-refractivity contribution in [3.8, 4) is 0 Å². The maximum atomic E-state index is 12.7. The smallest absolute Gasteiger partial charge is 0.353 e. The van der Waals surface area contributed by atoms with Gasteiger partial charge in [-0.1, -0.05) is 28.3 Å². The molecule has 17 heteroatoms. The molecule has 0 radical (unpaired) electrons. The molecule has 2 amide bonds. The van der Waals surface area contributed by atoms with Crippen LogP contribution < -0.4 is 16.8 Å². The highest BCUT2D eigenvalue weighted by atomic mass is 32.2. The van der Waals surface area contributed by atoms with Gasteiger partial charge >= 0.3 is 5.97 Å². The number of oxime groups is 1. The number of aliphatic carboxylic acids is 1. The van der Waals surface area contributed by atoms with E-state index >= 15 is 0 Å². The average Bonchev–Trinajstić information content (AvgIpc) is 3.34. The van der Waals surface area contributed by atoms with Gasteiger partial charge in [-0.25, -0.2) is 4.79 Å². The lowest BCUT2D eigenvalue weighted by molar-refractivity contribution is -0.155. The Kier molecular flexibility index (Phi) is 5.46. The number of allylic oxidation sites excluding steroid dienone is 1. The number of nitrogens with zero attached hydrogens (tertiary/aromatic N) is 6. The van der Waals surface area contributed by atoms with Gasteiger partial charge in [0.1, 0.15) is 11.7 Å². The lowest BCUT2D eigenvalue weighted by Crippen LogP contribution is -2.72. The highest BCUT2D eigenvalue weighted by molar-refractivity contribution is 8.04. The molecule has 2 atom stereocenters. The van der Waals surface area contributed by atoms with Gasteiger partial charge in [-0.3, -0.25) is 14.5 Å². The van der Waals surface area contributed by atoms with Crippen LogP contribution in [0.2, 0.25) is 0 Å². The largest absolute Gasteiger partial charge is 0.477 e. The Labute approximate surface area is 185 Å². The molecule has 0 saturated carbocycles. The number of carbonyl (C=O) groups excluding carboxylic acids is 2. The summed E-state index contributed by atoms with van der Waals surface area (Å²) in [4.78, 5) is 42.4. The van der Waals surface area contributed by atoms with E-state index in [2.05, 4.69) is 30.0 Å². The number of carboxylic acids is 1. The van der Waals surface area contributed by atoms with Crippen LogP contribution in [0.25, 0.3) is 0 Å². The molecular weight excluding hydrogens is 470 g/mol. The first kappa shape index (κ1) is 20.9. The first-order chi connectivity index (χ1) is 14.8. The molecule has 0 spiro atoms. The van der Waals surface area contributed by atoms with E-state index in [4.69, 9.17) is 16.7 Å². The minimum atomic E-state index is -1.28. The summed E-state index contributed by atoms with van der Waals surface area (Å²) in [5.74, 6) is -2.95. The van der Waals surface area contributed by atoms with Crippen molar-refractivity contribution in [2.45, 2.75) is 29.3 Å². The quantitative estimate of drug-likeness (QED) is 0.149. The summed E-state index contributed by atoms with van der Waals surface area (Å²) in [7, 11) is 0. The van der Waals surface area contributed by atoms with E-state index in [0.29, 0.717) is 22.1 Å². The molecule has 1 fully saturated rings. The molecule has 0 aliphatic carbocycles. The number of aromatic nitrogens is 4. The van der Waals surface area contributed by atoms with Gasteiger partial charge in [-0.05, 0) is 12.8 Å². The van der Waals surface area contributed by atoms with Crippen LogP contribution in [0.1, 0.15) is 18.7 Å². The predicted molar refractivity (Wildman–Crippen MR) is 109 cm³/mol. The van der Waals surface area contributed by atoms with Gasteiger partial charge in [0.15, 0.2) is 9.47 Å². The molecule has 0 bridgehead atoms. The summed E-state index contributed by atoms with van der Waals surface area (Å²) < 4.78 is 4.26. The number of hydrogen-bond acceptors (Lipinski definition) is 14. The lowest BCUT2D eigenvalue weighted by atomic mass is 9.86. The van der Waals surface area contributed by atoms with Gasteiger partial charge in [0.05, 0.1) is 6.04 Å². The fraction of sp³-hybridized carbons (Fsp3) is 0.286. The van der Waals surface area contributed by atoms with Gasteiger partial charge in [0.2, 0.25) is 16.7 Å². The van der Waals surface area contributed by atoms with Crippen molar-refractivity contribution < 1.29 is 24.7 Å². The third-order valence-electron chi connectivity index (χ3n) is 4.48. The topological polar surface area (TPSA) is 223 Å². The number of carboxylic acid groups (broad SMARTS) is 1. The Hall–Kier alpha value is -3.31. The number of thioether (sulfide) groups is 1. The predicted octanol–water partition coefficient (Wildman–Crippen LogP) is -0.690. The zero-order chi connectivity index (χ0) is 22.3. The molecule has 0 aromatic carbocycles. The van der Waals surface area contributed by atoms with Crippen molar-refractivity contribution >= 4 is 68.4 Å². The maximum Gasteiger partial charge on any atom is 0.353 e. The third kappa shape index (κ3) is 3.77. The van der Waals surface area contributed by atoms with Crippen molar-refractivity contribution in [3.63, 3.8) is 0 Å². The molecule has 4 heterocycles. The minimum Gasteiger partial charge on any atom is -0.477 e. The molecule has 162 valence electrons. The second kappa shape index (κ2) is 8.08. The zero-order valence-electron chi connectivity index (χ0n) is 15.3. The molecule has 31 heavy (non-hydrogen) atoms. The van der Waals surface area contributed by atoms with Crippen LogP contribution in [0.5, 0.6) is 0 Å². The fourth-order valence-corrected chi connectivity index (χ4v) is 5.52. The maximum absolute atomic E-state index is 12.7. The van der Waals surface area contributed by atoms with Gasteiger partial charge in [-0.15, -0.1) is 10.2 Å². The molecular formula is C14H13N9O5S3. The van der Waals surface area contributed by atoms with Crippen LogP contribution in [0, 0.1) is 0 Å². The number of nitrogen functional groups attached to an aromatic ring is 2. The molecule has 2 aromatic heterocycles. The van der Waals surface area contributed by atoms with Crippen LogP contribution in [-0.2, 0) is 14.4 Å². The zero-order valence-corrected chi connectivity index (χ0v) is 17.7. The van der Waals surface area contributed by atoms with Crippen molar-refractivity contribution in [2.24, 2.45) is 5.16 Å². The second-order valence-electron chi connectivity index (χ2n) is 6.26. The molecule has 7 N–H and O–H groups in total. The van der Waals surface area contributed by atoms with Crippen molar-refractivity contribution in [1.29, 1.82) is 0 Å². The summed E-state index contributed by atoms with van der Waals surface area (Å²) in [5.41, 5.74) is 10.4. The standard InChI is InChI=1S/C14H13N9O5S3/c15-12-18-8(22-31-12)6(21-28)9(24)17-5-3-1-2-4(29-14-20-19-13(16)30-14)7(11(26)27)23(3)10(5)25/h3,5,28H,1-2H2,(H2,16,19)(H,17,24)(H,26,27)(H2,15,18,22). The van der Waals surface area contributed by atoms with Crippen LogP contribution in [-0.4, -0.2) is 70.3 Å². The molecule has 2 aliphatic heterocycles. The second-order valence-corrected chi connectivity index (χ2v) is 9.39. The van der Waals surface area contributed by atoms with Crippen LogP contribution in [0.3, 0.4) is 0 Å². The summed E-state index contributed by atoms with van der Waals surface area (Å²) in [5, 5.41) is 32.1. The first-order valence-electron chi connectivity index (χ1n) is 8.49. The summed E-state index contributed by atoms with van der Waals surface area (Å²) in [6.45, 7) is 0. The number of β-lactam (4-membered cyclic amide) rings is 1. The third-order valence-corrected chi connectivity index (χ3v) is 6.97. The highest BCUT2D eigenvalue weighted by Crippen LogP contribution is 2.43. The number of rotatable bonds is 6. The molecule has 2 unspecified atom stereocenters. The van der Waals surface area contributed by atoms with Gasteiger partial charge in [0.25, 0.3) is 11.8 Å². The first-order valence-corrected chi connectivity index (χ1v) is 10.9. The summed E-state index contributed by atoms with van der Waals surface area (Å²) in [6, 6.07) is -1.56. The lowest BCUT2D eigenvalue weighted by Gasteiger charge is -2.49. The van der Waals surface area contributed by atoms with Gasteiger partial charge < -0.3 is 27.1 Å². The van der Waals surface area contributed by atoms with E-state index in [-0.39, 0.29) is 21.8 Å². The number of hydrogen-bond donors (Lipinski definition) is 5. The number of amides is 2. The van der Waals surface area contributed by atoms with Crippen LogP contribution >= 0.6 is 34.6 Å². The highest BCUT2D eigenvalue weighted by Gasteiger charge is 2.54. The van der Waals surface area contributed by atoms with Crippen LogP contribution in [0.15, 0.2) is 20.1 Å². The van der Waals surface area contributed by atoms with E-state index in [1.54, 1.807) is 0 Å². The number of fused-ring (bicyclic) bond motifs is 1. The number of nitrogens with one attached hydrogen (secondary N) is 1. The van der Waals surface area contributed by atoms with E-state index < -0.39 is 35.6 Å². The average molecular weight is 484 g/mol. The van der Waals surface area contributed by atoms with Crippen molar-refractivity contribution in [3.05, 3.63) is 16.4 Å². The minimum absolute atomic E-state index is 0.0700. The van der Waals surface area contributed by atoms with Crippen molar-refractivity contribution in [2.75, 3.05) is 11.5 Å². The Morgan fingerprint density at radius 2 is 2.06 bits per heavy atom. The number of anilines is 2. The number of nitrogens with two attached hydrogens (primary N) is 2. The molecule has 2 aromatic rings. The van der Waals surface area contributed by atoms with Gasteiger partial charge in [0, 0.05) is 16.4 Å². The van der Waals surface area contributed by atoms with E-state index in [1.807, 2.05) is 0 Å². The Bertz CT molecular complexity index is 1140. The normalized spacial score (nSPS) is 21.0. The van der Waals surface area contributed by atoms with Crippen LogP contribution in [0.4, 0.5) is 10.3 Å². The molecule has 2 aliphatic rings. The van der Waals surface area contributed by atoms with E-state index in [0.717, 1.165) is 39.5 Å². The Morgan fingerprint density at radius 1 is 1.29 bits per heavy atom.